The Kier molecular flexibility index (Phi) is 4.45. The summed E-state index contributed by atoms with van der Waals surface area (Å²) in [6, 6.07) is 0. The standard InChI is InChI=1S/C14H22N2O2S/c1-14(2)6-3-8-16(9-7-14)13-15-11(10-19-13)4-5-12(17)18/h10H,3-9H2,1-2H3,(H,17,18). The van der Waals surface area contributed by atoms with Crippen molar-refractivity contribution in [3.8, 4) is 0 Å². The van der Waals surface area contributed by atoms with E-state index >= 15 is 0 Å². The lowest BCUT2D eigenvalue weighted by molar-refractivity contribution is -0.136. The number of rotatable bonds is 4. The first kappa shape index (κ1) is 14.3. The molecule has 0 unspecified atom stereocenters. The molecule has 0 spiro atoms. The van der Waals surface area contributed by atoms with E-state index in [9.17, 15) is 4.79 Å². The van der Waals surface area contributed by atoms with Crippen LogP contribution in [-0.2, 0) is 11.2 Å². The van der Waals surface area contributed by atoms with Gasteiger partial charge in [-0.2, -0.15) is 0 Å². The number of anilines is 1. The van der Waals surface area contributed by atoms with Gasteiger partial charge in [0.2, 0.25) is 0 Å². The number of nitrogens with zero attached hydrogens (tertiary/aromatic N) is 2. The van der Waals surface area contributed by atoms with Gasteiger partial charge in [-0.1, -0.05) is 13.8 Å². The first-order valence-electron chi connectivity index (χ1n) is 6.87. The van der Waals surface area contributed by atoms with Crippen LogP contribution < -0.4 is 4.90 Å². The number of carbonyl (C=O) groups is 1. The second kappa shape index (κ2) is 5.90. The third-order valence-electron chi connectivity index (χ3n) is 3.75. The monoisotopic (exact) mass is 282 g/mol. The fourth-order valence-corrected chi connectivity index (χ4v) is 3.32. The molecule has 1 saturated heterocycles. The van der Waals surface area contributed by atoms with Crippen molar-refractivity contribution in [2.24, 2.45) is 5.41 Å². The maximum atomic E-state index is 10.6. The fourth-order valence-electron chi connectivity index (χ4n) is 2.41. The van der Waals surface area contributed by atoms with E-state index in [0.29, 0.717) is 11.8 Å². The Morgan fingerprint density at radius 2 is 2.26 bits per heavy atom. The van der Waals surface area contributed by atoms with Crippen molar-refractivity contribution in [1.82, 2.24) is 4.98 Å². The van der Waals surface area contributed by atoms with Gasteiger partial charge in [0.15, 0.2) is 5.13 Å². The number of aromatic nitrogens is 1. The zero-order chi connectivity index (χ0) is 13.9. The molecular weight excluding hydrogens is 260 g/mol. The predicted octanol–water partition coefficient (Wildman–Crippen LogP) is 3.18. The third kappa shape index (κ3) is 4.20. The minimum absolute atomic E-state index is 0.163. The van der Waals surface area contributed by atoms with Gasteiger partial charge in [0.25, 0.3) is 0 Å². The van der Waals surface area contributed by atoms with Crippen LogP contribution in [0.1, 0.15) is 45.2 Å². The number of aliphatic carboxylic acids is 1. The molecule has 2 rings (SSSR count). The summed E-state index contributed by atoms with van der Waals surface area (Å²) in [5.41, 5.74) is 1.34. The number of carboxylic acid groups (broad SMARTS) is 1. The molecule has 0 saturated carbocycles. The van der Waals surface area contributed by atoms with Crippen LogP contribution in [0.2, 0.25) is 0 Å². The van der Waals surface area contributed by atoms with Gasteiger partial charge in [0.05, 0.1) is 12.1 Å². The molecule has 1 N–H and O–H groups in total. The summed E-state index contributed by atoms with van der Waals surface area (Å²) in [7, 11) is 0. The summed E-state index contributed by atoms with van der Waals surface area (Å²) in [5.74, 6) is -0.758. The van der Waals surface area contributed by atoms with Gasteiger partial charge in [-0.15, -0.1) is 11.3 Å². The lowest BCUT2D eigenvalue weighted by Crippen LogP contribution is -2.24. The molecule has 19 heavy (non-hydrogen) atoms. The van der Waals surface area contributed by atoms with Gasteiger partial charge in [0.1, 0.15) is 0 Å². The fraction of sp³-hybridized carbons (Fsp3) is 0.714. The van der Waals surface area contributed by atoms with Crippen LogP contribution in [0.25, 0.3) is 0 Å². The molecule has 1 aliphatic rings. The van der Waals surface area contributed by atoms with Gasteiger partial charge in [-0.05, 0) is 24.7 Å². The van der Waals surface area contributed by atoms with Crippen molar-refractivity contribution < 1.29 is 9.90 Å². The Hall–Kier alpha value is -1.10. The van der Waals surface area contributed by atoms with Crippen molar-refractivity contribution in [2.45, 2.75) is 46.0 Å². The van der Waals surface area contributed by atoms with E-state index in [0.717, 1.165) is 23.9 Å². The molecule has 1 aromatic heterocycles. The maximum absolute atomic E-state index is 10.6. The molecular formula is C14H22N2O2S. The van der Waals surface area contributed by atoms with Crippen LogP contribution in [-0.4, -0.2) is 29.1 Å². The molecule has 106 valence electrons. The lowest BCUT2D eigenvalue weighted by atomic mass is 9.85. The van der Waals surface area contributed by atoms with Gasteiger partial charge in [-0.3, -0.25) is 4.79 Å². The van der Waals surface area contributed by atoms with Gasteiger partial charge in [-0.25, -0.2) is 4.98 Å². The smallest absolute Gasteiger partial charge is 0.303 e. The summed E-state index contributed by atoms with van der Waals surface area (Å²) in [5, 5.41) is 11.7. The zero-order valence-electron chi connectivity index (χ0n) is 11.7. The van der Waals surface area contributed by atoms with E-state index in [1.807, 2.05) is 5.38 Å². The molecule has 0 amide bonds. The van der Waals surface area contributed by atoms with E-state index in [-0.39, 0.29) is 6.42 Å². The van der Waals surface area contributed by atoms with Gasteiger partial charge < -0.3 is 10.0 Å². The molecule has 0 aliphatic carbocycles. The zero-order valence-corrected chi connectivity index (χ0v) is 12.5. The molecule has 1 aliphatic heterocycles. The summed E-state index contributed by atoms with van der Waals surface area (Å²) in [4.78, 5) is 17.5. The molecule has 1 aromatic rings. The van der Waals surface area contributed by atoms with Crippen LogP contribution in [0, 0.1) is 5.41 Å². The summed E-state index contributed by atoms with van der Waals surface area (Å²) >= 11 is 1.64. The SMILES string of the molecule is CC1(C)CCCN(c2nc(CCC(=O)O)cs2)CC1. The largest absolute Gasteiger partial charge is 0.481 e. The normalized spacial score (nSPS) is 19.2. The minimum atomic E-state index is -0.758. The van der Waals surface area contributed by atoms with E-state index in [2.05, 4.69) is 23.7 Å². The van der Waals surface area contributed by atoms with E-state index in [4.69, 9.17) is 5.11 Å². The molecule has 5 heteroatoms. The van der Waals surface area contributed by atoms with Crippen molar-refractivity contribution in [3.63, 3.8) is 0 Å². The minimum Gasteiger partial charge on any atom is -0.481 e. The van der Waals surface area contributed by atoms with E-state index < -0.39 is 5.97 Å². The highest BCUT2D eigenvalue weighted by molar-refractivity contribution is 7.13. The average Bonchev–Trinajstić information content (AvgIpc) is 2.72. The predicted molar refractivity (Wildman–Crippen MR) is 77.9 cm³/mol. The van der Waals surface area contributed by atoms with Crippen LogP contribution in [0.4, 0.5) is 5.13 Å². The van der Waals surface area contributed by atoms with Crippen molar-refractivity contribution in [1.29, 1.82) is 0 Å². The number of aryl methyl sites for hydroxylation is 1. The second-order valence-electron chi connectivity index (χ2n) is 6.02. The number of hydrogen-bond acceptors (Lipinski definition) is 4. The summed E-state index contributed by atoms with van der Waals surface area (Å²) in [6.45, 7) is 6.78. The number of thiazole rings is 1. The first-order valence-corrected chi connectivity index (χ1v) is 7.75. The first-order chi connectivity index (χ1) is 8.96. The molecule has 2 heterocycles. The molecule has 4 nitrogen and oxygen atoms in total. The van der Waals surface area contributed by atoms with Crippen LogP contribution in [0.3, 0.4) is 0 Å². The van der Waals surface area contributed by atoms with Crippen LogP contribution in [0.15, 0.2) is 5.38 Å². The summed E-state index contributed by atoms with van der Waals surface area (Å²) < 4.78 is 0. The average molecular weight is 282 g/mol. The highest BCUT2D eigenvalue weighted by Crippen LogP contribution is 2.32. The highest BCUT2D eigenvalue weighted by Gasteiger charge is 2.24. The Morgan fingerprint density at radius 3 is 3.00 bits per heavy atom. The summed E-state index contributed by atoms with van der Waals surface area (Å²) in [6.07, 6.45) is 4.36. The van der Waals surface area contributed by atoms with Crippen LogP contribution >= 0.6 is 11.3 Å². The highest BCUT2D eigenvalue weighted by atomic mass is 32.1. The quantitative estimate of drug-likeness (QED) is 0.921. The van der Waals surface area contributed by atoms with Crippen molar-refractivity contribution in [2.75, 3.05) is 18.0 Å². The topological polar surface area (TPSA) is 53.4 Å². The number of carboxylic acids is 1. The second-order valence-corrected chi connectivity index (χ2v) is 6.86. The van der Waals surface area contributed by atoms with Crippen molar-refractivity contribution >= 4 is 22.4 Å². The van der Waals surface area contributed by atoms with Crippen molar-refractivity contribution in [3.05, 3.63) is 11.1 Å². The number of hydrogen-bond donors (Lipinski definition) is 1. The Morgan fingerprint density at radius 1 is 1.47 bits per heavy atom. The molecule has 1 fully saturated rings. The molecule has 0 bridgehead atoms. The Bertz CT molecular complexity index is 442. The van der Waals surface area contributed by atoms with E-state index in [1.54, 1.807) is 11.3 Å². The molecule has 0 atom stereocenters. The van der Waals surface area contributed by atoms with Gasteiger partial charge in [0, 0.05) is 24.9 Å². The molecule has 0 radical (unpaired) electrons. The molecule has 0 aromatic carbocycles. The maximum Gasteiger partial charge on any atom is 0.303 e. The Labute approximate surface area is 118 Å². The van der Waals surface area contributed by atoms with Crippen LogP contribution in [0.5, 0.6) is 0 Å². The Balaban J connectivity index is 1.96. The van der Waals surface area contributed by atoms with Gasteiger partial charge >= 0.3 is 5.97 Å². The third-order valence-corrected chi connectivity index (χ3v) is 4.70. The van der Waals surface area contributed by atoms with E-state index in [1.165, 1.54) is 19.3 Å². The lowest BCUT2D eigenvalue weighted by Gasteiger charge is -2.22.